The number of ether oxygens (including phenoxy) is 1. The number of benzene rings is 4. The molecule has 0 bridgehead atoms. The number of nitrogens with zero attached hydrogens (tertiary/aromatic N) is 2. The van der Waals surface area contributed by atoms with Gasteiger partial charge in [0.05, 0.1) is 16.8 Å². The minimum atomic E-state index is -1.12. The van der Waals surface area contributed by atoms with Gasteiger partial charge >= 0.3 is 5.97 Å². The van der Waals surface area contributed by atoms with Gasteiger partial charge in [0.2, 0.25) is 0 Å². The minimum Gasteiger partial charge on any atom is -0.488 e. The van der Waals surface area contributed by atoms with Gasteiger partial charge in [0.15, 0.2) is 0 Å². The van der Waals surface area contributed by atoms with Gasteiger partial charge in [0.25, 0.3) is 5.91 Å². The number of rotatable bonds is 11. The molecule has 0 saturated carbocycles. The summed E-state index contributed by atoms with van der Waals surface area (Å²) in [5.41, 5.74) is 4.09. The first-order valence-electron chi connectivity index (χ1n) is 12.7. The lowest BCUT2D eigenvalue weighted by Gasteiger charge is -2.23. The quantitative estimate of drug-likeness (QED) is 0.256. The summed E-state index contributed by atoms with van der Waals surface area (Å²) in [5.74, 6) is -1.16. The Morgan fingerprint density at radius 2 is 1.46 bits per heavy atom. The van der Waals surface area contributed by atoms with Crippen molar-refractivity contribution in [1.29, 1.82) is 0 Å². The van der Waals surface area contributed by atoms with E-state index in [0.29, 0.717) is 17.9 Å². The van der Waals surface area contributed by atoms with Gasteiger partial charge in [-0.3, -0.25) is 4.79 Å². The van der Waals surface area contributed by atoms with Crippen LogP contribution in [0.5, 0.6) is 5.75 Å². The SMILES string of the molecule is CN(C)CCN(C)c1ccc(OCc2ccccc2)c(C(=O)Nc2cc(-c3ccccc3)ccc2C(=O)O)c1. The van der Waals surface area contributed by atoms with Gasteiger partial charge in [-0.25, -0.2) is 4.79 Å². The molecule has 0 aromatic heterocycles. The van der Waals surface area contributed by atoms with E-state index in [2.05, 4.69) is 15.1 Å². The predicted molar refractivity (Wildman–Crippen MR) is 156 cm³/mol. The summed E-state index contributed by atoms with van der Waals surface area (Å²) < 4.78 is 6.08. The molecule has 0 aliphatic rings. The summed E-state index contributed by atoms with van der Waals surface area (Å²) in [6.07, 6.45) is 0. The second-order valence-corrected chi connectivity index (χ2v) is 9.57. The van der Waals surface area contributed by atoms with Gasteiger partial charge in [0, 0.05) is 25.8 Å². The third-order valence-electron chi connectivity index (χ3n) is 6.37. The predicted octanol–water partition coefficient (Wildman–Crippen LogP) is 5.88. The highest BCUT2D eigenvalue weighted by atomic mass is 16.5. The van der Waals surface area contributed by atoms with Crippen molar-refractivity contribution in [2.75, 3.05) is 44.4 Å². The zero-order valence-electron chi connectivity index (χ0n) is 22.4. The summed E-state index contributed by atoms with van der Waals surface area (Å²) in [6.45, 7) is 1.90. The van der Waals surface area contributed by atoms with Crippen LogP contribution in [0.3, 0.4) is 0 Å². The fourth-order valence-electron chi connectivity index (χ4n) is 4.11. The van der Waals surface area contributed by atoms with Gasteiger partial charge in [-0.15, -0.1) is 0 Å². The molecule has 4 aromatic carbocycles. The van der Waals surface area contributed by atoms with Crippen molar-refractivity contribution >= 4 is 23.3 Å². The molecule has 39 heavy (non-hydrogen) atoms. The number of carboxylic acids is 1. The second-order valence-electron chi connectivity index (χ2n) is 9.57. The Morgan fingerprint density at radius 1 is 0.769 bits per heavy atom. The molecule has 0 heterocycles. The number of nitrogens with one attached hydrogen (secondary N) is 1. The maximum Gasteiger partial charge on any atom is 0.337 e. The zero-order chi connectivity index (χ0) is 27.8. The van der Waals surface area contributed by atoms with E-state index in [1.165, 1.54) is 6.07 Å². The summed E-state index contributed by atoms with van der Waals surface area (Å²) >= 11 is 0. The maximum atomic E-state index is 13.7. The fraction of sp³-hybridized carbons (Fsp3) is 0.188. The van der Waals surface area contributed by atoms with Crippen LogP contribution in [0.4, 0.5) is 11.4 Å². The molecule has 4 rings (SSSR count). The molecule has 2 N–H and O–H groups in total. The standard InChI is InChI=1S/C32H33N3O4/c1-34(2)18-19-35(3)26-15-17-30(39-22-23-10-6-4-7-11-23)28(21-26)31(36)33-29-20-25(14-16-27(29)32(37)38)24-12-8-5-9-13-24/h4-17,20-21H,18-19,22H2,1-3H3,(H,33,36)(H,37,38). The van der Waals surface area contributed by atoms with Crippen LogP contribution in [0, 0.1) is 0 Å². The molecule has 0 atom stereocenters. The van der Waals surface area contributed by atoms with Gasteiger partial charge in [-0.2, -0.15) is 0 Å². The Bertz CT molecular complexity index is 1420. The van der Waals surface area contributed by atoms with Crippen molar-refractivity contribution in [3.63, 3.8) is 0 Å². The molecule has 0 radical (unpaired) electrons. The average molecular weight is 524 g/mol. The largest absolute Gasteiger partial charge is 0.488 e. The van der Waals surface area contributed by atoms with Crippen molar-refractivity contribution < 1.29 is 19.4 Å². The number of likely N-dealkylation sites (N-methyl/N-ethyl adjacent to an activating group) is 2. The van der Waals surface area contributed by atoms with Crippen LogP contribution >= 0.6 is 0 Å². The Kier molecular flexibility index (Phi) is 8.97. The number of amides is 1. The second kappa shape index (κ2) is 12.8. The van der Waals surface area contributed by atoms with Crippen LogP contribution in [0.1, 0.15) is 26.3 Å². The van der Waals surface area contributed by atoms with Crippen molar-refractivity contribution in [1.82, 2.24) is 4.90 Å². The van der Waals surface area contributed by atoms with Crippen molar-refractivity contribution in [2.24, 2.45) is 0 Å². The fourth-order valence-corrected chi connectivity index (χ4v) is 4.11. The molecular formula is C32H33N3O4. The van der Waals surface area contributed by atoms with Crippen molar-refractivity contribution in [3.8, 4) is 16.9 Å². The minimum absolute atomic E-state index is 0.00837. The number of hydrogen-bond donors (Lipinski definition) is 2. The zero-order valence-corrected chi connectivity index (χ0v) is 22.4. The smallest absolute Gasteiger partial charge is 0.337 e. The van der Waals surface area contributed by atoms with Gasteiger partial charge in [0.1, 0.15) is 12.4 Å². The van der Waals surface area contributed by atoms with E-state index >= 15 is 0 Å². The topological polar surface area (TPSA) is 82.1 Å². The van der Waals surface area contributed by atoms with E-state index < -0.39 is 11.9 Å². The summed E-state index contributed by atoms with van der Waals surface area (Å²) in [4.78, 5) is 29.9. The molecule has 7 heteroatoms. The Labute approximate surface area is 229 Å². The highest BCUT2D eigenvalue weighted by molar-refractivity contribution is 6.10. The maximum absolute atomic E-state index is 13.7. The molecule has 0 saturated heterocycles. The third-order valence-corrected chi connectivity index (χ3v) is 6.37. The van der Waals surface area contributed by atoms with Crippen molar-refractivity contribution in [3.05, 3.63) is 114 Å². The Hall–Kier alpha value is -4.62. The van der Waals surface area contributed by atoms with Crippen LogP contribution in [0.15, 0.2) is 97.1 Å². The summed E-state index contributed by atoms with van der Waals surface area (Å²) in [5, 5.41) is 12.7. The summed E-state index contributed by atoms with van der Waals surface area (Å²) in [7, 11) is 5.99. The number of carboxylic acid groups (broad SMARTS) is 1. The monoisotopic (exact) mass is 523 g/mol. The van der Waals surface area contributed by atoms with Crippen LogP contribution < -0.4 is 15.0 Å². The molecule has 1 amide bonds. The molecule has 0 fully saturated rings. The number of aromatic carboxylic acids is 1. The van der Waals surface area contributed by atoms with Crippen molar-refractivity contribution in [2.45, 2.75) is 6.61 Å². The number of hydrogen-bond acceptors (Lipinski definition) is 5. The van der Waals surface area contributed by atoms with E-state index in [0.717, 1.165) is 35.5 Å². The van der Waals surface area contributed by atoms with Gasteiger partial charge < -0.3 is 25.0 Å². The molecule has 0 unspecified atom stereocenters. The highest BCUT2D eigenvalue weighted by Crippen LogP contribution is 2.30. The van der Waals surface area contributed by atoms with E-state index in [9.17, 15) is 14.7 Å². The summed E-state index contributed by atoms with van der Waals surface area (Å²) in [6, 6.07) is 29.8. The van der Waals surface area contributed by atoms with Gasteiger partial charge in [-0.05, 0) is 61.1 Å². The van der Waals surface area contributed by atoms with Gasteiger partial charge in [-0.1, -0.05) is 66.7 Å². The first-order chi connectivity index (χ1) is 18.8. The first-order valence-corrected chi connectivity index (χ1v) is 12.7. The Morgan fingerprint density at radius 3 is 2.13 bits per heavy atom. The van der Waals surface area contributed by atoms with E-state index in [-0.39, 0.29) is 11.3 Å². The lowest BCUT2D eigenvalue weighted by Crippen LogP contribution is -2.28. The average Bonchev–Trinajstić information content (AvgIpc) is 2.95. The number of carbonyl (C=O) groups is 2. The normalized spacial score (nSPS) is 10.8. The molecule has 0 spiro atoms. The van der Waals surface area contributed by atoms with Crippen LogP contribution in [0.2, 0.25) is 0 Å². The number of carbonyl (C=O) groups excluding carboxylic acids is 1. The molecule has 0 aliphatic heterocycles. The van der Waals surface area contributed by atoms with E-state index in [4.69, 9.17) is 4.74 Å². The van der Waals surface area contributed by atoms with Crippen LogP contribution in [-0.4, -0.2) is 56.1 Å². The molecule has 200 valence electrons. The third kappa shape index (κ3) is 7.24. The number of anilines is 2. The molecule has 0 aliphatic carbocycles. The lowest BCUT2D eigenvalue weighted by molar-refractivity contribution is 0.0698. The molecule has 4 aromatic rings. The Balaban J connectivity index is 1.67. The van der Waals surface area contributed by atoms with E-state index in [1.54, 1.807) is 24.3 Å². The van der Waals surface area contributed by atoms with Crippen LogP contribution in [-0.2, 0) is 6.61 Å². The molecular weight excluding hydrogens is 490 g/mol. The van der Waals surface area contributed by atoms with E-state index in [1.807, 2.05) is 87.9 Å². The molecule has 7 nitrogen and oxygen atoms in total. The first kappa shape index (κ1) is 27.4. The highest BCUT2D eigenvalue weighted by Gasteiger charge is 2.19. The van der Waals surface area contributed by atoms with Crippen LogP contribution in [0.25, 0.3) is 11.1 Å². The lowest BCUT2D eigenvalue weighted by atomic mass is 10.0.